The molecule has 2 aromatic rings. The van der Waals surface area contributed by atoms with Gasteiger partial charge in [-0.15, -0.1) is 0 Å². The van der Waals surface area contributed by atoms with Crippen molar-refractivity contribution in [3.63, 3.8) is 0 Å². The molecular weight excluding hydrogens is 442 g/mol. The Labute approximate surface area is 188 Å². The van der Waals surface area contributed by atoms with E-state index in [4.69, 9.17) is 16.3 Å². The van der Waals surface area contributed by atoms with Crippen LogP contribution >= 0.6 is 11.6 Å². The van der Waals surface area contributed by atoms with Crippen molar-refractivity contribution in [3.05, 3.63) is 63.7 Å². The number of nitrogens with one attached hydrogen (secondary N) is 2. The van der Waals surface area contributed by atoms with E-state index in [0.29, 0.717) is 49.8 Å². The predicted molar refractivity (Wildman–Crippen MR) is 115 cm³/mol. The standard InChI is InChI=1S/C23H23ClF2N2O4/c24-17-11-12(1-8-18(17)25)27-22(30)16-6-9-19(26)21-15(16)7-10-20(21)28-23(31)32-14-4-2-13(29)3-5-14/h1,6,8-9,11,13-14,20,29H,2-5,7,10H2,(H,27,30)(H,28,31)/t13?,14?,20-/m0/s1. The van der Waals surface area contributed by atoms with Crippen molar-refractivity contribution in [2.24, 2.45) is 0 Å². The summed E-state index contributed by atoms with van der Waals surface area (Å²) in [5.41, 5.74) is 1.38. The average Bonchev–Trinajstić information content (AvgIpc) is 3.17. The third-order valence-electron chi connectivity index (χ3n) is 5.97. The number of carbonyl (C=O) groups excluding carboxylic acids is 2. The van der Waals surface area contributed by atoms with Crippen molar-refractivity contribution in [1.29, 1.82) is 0 Å². The summed E-state index contributed by atoms with van der Waals surface area (Å²) in [5, 5.41) is 14.8. The molecule has 170 valence electrons. The van der Waals surface area contributed by atoms with E-state index >= 15 is 0 Å². The second kappa shape index (κ2) is 9.42. The summed E-state index contributed by atoms with van der Waals surface area (Å²) in [4.78, 5) is 25.1. The van der Waals surface area contributed by atoms with Crippen molar-refractivity contribution in [2.45, 2.75) is 56.8 Å². The fraction of sp³-hybridized carbons (Fsp3) is 0.391. The maximum atomic E-state index is 14.6. The number of hydrogen-bond acceptors (Lipinski definition) is 4. The van der Waals surface area contributed by atoms with Gasteiger partial charge in [-0.2, -0.15) is 0 Å². The number of benzene rings is 2. The molecule has 1 atom stereocenters. The minimum Gasteiger partial charge on any atom is -0.446 e. The van der Waals surface area contributed by atoms with E-state index in [2.05, 4.69) is 10.6 Å². The van der Waals surface area contributed by atoms with Gasteiger partial charge >= 0.3 is 6.09 Å². The minimum absolute atomic E-state index is 0.123. The zero-order valence-electron chi connectivity index (χ0n) is 17.2. The second-order valence-corrected chi connectivity index (χ2v) is 8.55. The van der Waals surface area contributed by atoms with E-state index in [1.807, 2.05) is 0 Å². The maximum Gasteiger partial charge on any atom is 0.407 e. The summed E-state index contributed by atoms with van der Waals surface area (Å²) in [6.45, 7) is 0. The van der Waals surface area contributed by atoms with E-state index in [1.165, 1.54) is 24.3 Å². The molecule has 0 bridgehead atoms. The summed E-state index contributed by atoms with van der Waals surface area (Å²) < 4.78 is 33.4. The topological polar surface area (TPSA) is 87.7 Å². The first-order valence-electron chi connectivity index (χ1n) is 10.5. The minimum atomic E-state index is -0.639. The molecule has 0 saturated heterocycles. The highest BCUT2D eigenvalue weighted by atomic mass is 35.5. The van der Waals surface area contributed by atoms with Crippen molar-refractivity contribution in [3.8, 4) is 0 Å². The van der Waals surface area contributed by atoms with Crippen LogP contribution in [0.25, 0.3) is 0 Å². The highest BCUT2D eigenvalue weighted by molar-refractivity contribution is 6.31. The zero-order valence-corrected chi connectivity index (χ0v) is 17.9. The van der Waals surface area contributed by atoms with E-state index in [-0.39, 0.29) is 28.4 Å². The Hall–Kier alpha value is -2.71. The lowest BCUT2D eigenvalue weighted by Crippen LogP contribution is -2.34. The number of fused-ring (bicyclic) bond motifs is 1. The van der Waals surface area contributed by atoms with Gasteiger partial charge in [0.15, 0.2) is 0 Å². The van der Waals surface area contributed by atoms with Crippen LogP contribution in [0.15, 0.2) is 30.3 Å². The van der Waals surface area contributed by atoms with Gasteiger partial charge < -0.3 is 20.5 Å². The van der Waals surface area contributed by atoms with Crippen molar-refractivity contribution < 1.29 is 28.2 Å². The second-order valence-electron chi connectivity index (χ2n) is 8.14. The molecule has 2 amide bonds. The van der Waals surface area contributed by atoms with Gasteiger partial charge in [-0.1, -0.05) is 11.6 Å². The van der Waals surface area contributed by atoms with E-state index in [0.717, 1.165) is 6.07 Å². The fourth-order valence-electron chi connectivity index (χ4n) is 4.34. The lowest BCUT2D eigenvalue weighted by atomic mass is 9.95. The lowest BCUT2D eigenvalue weighted by Gasteiger charge is -2.26. The van der Waals surface area contributed by atoms with Crippen LogP contribution in [0.3, 0.4) is 0 Å². The normalized spacial score (nSPS) is 22.2. The molecule has 32 heavy (non-hydrogen) atoms. The third kappa shape index (κ3) is 4.86. The van der Waals surface area contributed by atoms with Gasteiger partial charge in [0, 0.05) is 16.8 Å². The first kappa shape index (κ1) is 22.5. The molecule has 2 aromatic carbocycles. The molecule has 1 saturated carbocycles. The van der Waals surface area contributed by atoms with Crippen LogP contribution in [0, 0.1) is 11.6 Å². The van der Waals surface area contributed by atoms with Gasteiger partial charge in [0.25, 0.3) is 5.91 Å². The number of carbonyl (C=O) groups is 2. The Morgan fingerprint density at radius 3 is 2.47 bits per heavy atom. The molecular formula is C23H23ClF2N2O4. The quantitative estimate of drug-likeness (QED) is 0.601. The van der Waals surface area contributed by atoms with Crippen molar-refractivity contribution in [2.75, 3.05) is 5.32 Å². The van der Waals surface area contributed by atoms with Crippen LogP contribution in [-0.4, -0.2) is 29.3 Å². The summed E-state index contributed by atoms with van der Waals surface area (Å²) in [7, 11) is 0. The molecule has 1 fully saturated rings. The Morgan fingerprint density at radius 1 is 1.03 bits per heavy atom. The molecule has 0 aliphatic heterocycles. The number of rotatable bonds is 4. The molecule has 2 aliphatic rings. The number of aliphatic hydroxyl groups is 1. The van der Waals surface area contributed by atoms with Crippen molar-refractivity contribution >= 4 is 29.3 Å². The number of anilines is 1. The van der Waals surface area contributed by atoms with Crippen LogP contribution in [0.1, 0.15) is 59.6 Å². The lowest BCUT2D eigenvalue weighted by molar-refractivity contribution is 0.0329. The third-order valence-corrected chi connectivity index (χ3v) is 6.26. The Morgan fingerprint density at radius 2 is 1.75 bits per heavy atom. The van der Waals surface area contributed by atoms with Crippen LogP contribution in [0.4, 0.5) is 19.3 Å². The van der Waals surface area contributed by atoms with Gasteiger partial charge in [0.2, 0.25) is 0 Å². The SMILES string of the molecule is O=C(N[C@H]1CCc2c(C(=O)Nc3ccc(F)c(Cl)c3)ccc(F)c21)OC1CCC(O)CC1. The van der Waals surface area contributed by atoms with Gasteiger partial charge in [0.05, 0.1) is 17.2 Å². The monoisotopic (exact) mass is 464 g/mol. The van der Waals surface area contributed by atoms with E-state index < -0.39 is 29.7 Å². The number of halogens is 3. The molecule has 6 nitrogen and oxygen atoms in total. The number of amides is 2. The number of ether oxygens (including phenoxy) is 1. The maximum absolute atomic E-state index is 14.6. The molecule has 4 rings (SSSR count). The van der Waals surface area contributed by atoms with Crippen LogP contribution in [-0.2, 0) is 11.2 Å². The molecule has 0 radical (unpaired) electrons. The molecule has 0 heterocycles. The fourth-order valence-corrected chi connectivity index (χ4v) is 4.52. The number of alkyl carbamates (subject to hydrolysis) is 1. The Kier molecular flexibility index (Phi) is 6.62. The zero-order chi connectivity index (χ0) is 22.8. The summed E-state index contributed by atoms with van der Waals surface area (Å²) in [6, 6.07) is 5.80. The van der Waals surface area contributed by atoms with Gasteiger partial charge in [-0.3, -0.25) is 4.79 Å². The van der Waals surface area contributed by atoms with Crippen LogP contribution in [0.2, 0.25) is 5.02 Å². The summed E-state index contributed by atoms with van der Waals surface area (Å²) in [5.74, 6) is -1.59. The van der Waals surface area contributed by atoms with Crippen LogP contribution in [0.5, 0.6) is 0 Å². The van der Waals surface area contributed by atoms with Crippen LogP contribution < -0.4 is 10.6 Å². The largest absolute Gasteiger partial charge is 0.446 e. The Balaban J connectivity index is 1.46. The smallest absolute Gasteiger partial charge is 0.407 e. The molecule has 0 spiro atoms. The van der Waals surface area contributed by atoms with Gasteiger partial charge in [-0.05, 0) is 74.4 Å². The highest BCUT2D eigenvalue weighted by Crippen LogP contribution is 2.36. The highest BCUT2D eigenvalue weighted by Gasteiger charge is 2.32. The predicted octanol–water partition coefficient (Wildman–Crippen LogP) is 4.89. The average molecular weight is 465 g/mol. The first-order chi connectivity index (χ1) is 15.3. The number of aliphatic hydroxyl groups excluding tert-OH is 1. The summed E-state index contributed by atoms with van der Waals surface area (Å²) in [6.07, 6.45) is 1.89. The van der Waals surface area contributed by atoms with E-state index in [1.54, 1.807) is 0 Å². The molecule has 2 aliphatic carbocycles. The molecule has 3 N–H and O–H groups in total. The van der Waals surface area contributed by atoms with E-state index in [9.17, 15) is 23.5 Å². The van der Waals surface area contributed by atoms with Crippen molar-refractivity contribution in [1.82, 2.24) is 5.32 Å². The molecule has 0 unspecified atom stereocenters. The summed E-state index contributed by atoms with van der Waals surface area (Å²) >= 11 is 5.76. The molecule has 0 aromatic heterocycles. The molecule has 9 heteroatoms. The van der Waals surface area contributed by atoms with Gasteiger partial charge in [0.1, 0.15) is 17.7 Å². The first-order valence-corrected chi connectivity index (χ1v) is 10.9. The van der Waals surface area contributed by atoms with Gasteiger partial charge in [-0.25, -0.2) is 13.6 Å². The number of hydrogen-bond donors (Lipinski definition) is 3. The Bertz CT molecular complexity index is 1040.